The number of pyridine rings is 1. The van der Waals surface area contributed by atoms with Crippen molar-refractivity contribution in [2.75, 3.05) is 11.4 Å². The Balaban J connectivity index is 2.03. The molecule has 3 rings (SSSR count). The number of para-hydroxylation sites is 1. The van der Waals surface area contributed by atoms with Crippen LogP contribution in [0.25, 0.3) is 0 Å². The van der Waals surface area contributed by atoms with Crippen LogP contribution in [0.5, 0.6) is 5.75 Å². The van der Waals surface area contributed by atoms with E-state index in [-0.39, 0.29) is 11.7 Å². The Morgan fingerprint density at radius 2 is 2.11 bits per heavy atom. The molecule has 1 aromatic carbocycles. The van der Waals surface area contributed by atoms with E-state index in [9.17, 15) is 9.90 Å². The molecule has 0 unspecified atom stereocenters. The molecule has 0 fully saturated rings. The number of hydrogen-bond acceptors (Lipinski definition) is 3. The average molecular weight is 254 g/mol. The van der Waals surface area contributed by atoms with Crippen LogP contribution in [0, 0.1) is 0 Å². The standard InChI is InChI=1S/C15H14N2O2/c18-13-8-3-5-11-6-4-10-17(14(11)13)15(19)12-7-1-2-9-16-12/h1-3,5,7-9,18H,4,6,10H2. The van der Waals surface area contributed by atoms with E-state index in [0.717, 1.165) is 18.4 Å². The second-order valence-electron chi connectivity index (χ2n) is 4.56. The lowest BCUT2D eigenvalue weighted by Crippen LogP contribution is -2.36. The predicted molar refractivity (Wildman–Crippen MR) is 72.3 cm³/mol. The average Bonchev–Trinajstić information content (AvgIpc) is 2.47. The summed E-state index contributed by atoms with van der Waals surface area (Å²) < 4.78 is 0. The van der Waals surface area contributed by atoms with Crippen molar-refractivity contribution in [1.82, 2.24) is 4.98 Å². The molecule has 19 heavy (non-hydrogen) atoms. The van der Waals surface area contributed by atoms with Crippen molar-refractivity contribution in [3.8, 4) is 5.75 Å². The number of rotatable bonds is 1. The number of fused-ring (bicyclic) bond motifs is 1. The molecule has 0 radical (unpaired) electrons. The van der Waals surface area contributed by atoms with Gasteiger partial charge in [0, 0.05) is 12.7 Å². The van der Waals surface area contributed by atoms with E-state index >= 15 is 0 Å². The fraction of sp³-hybridized carbons (Fsp3) is 0.200. The molecule has 4 nitrogen and oxygen atoms in total. The topological polar surface area (TPSA) is 53.4 Å². The largest absolute Gasteiger partial charge is 0.506 e. The SMILES string of the molecule is O=C(c1ccccn1)N1CCCc2cccc(O)c21. The van der Waals surface area contributed by atoms with Crippen LogP contribution in [0.1, 0.15) is 22.5 Å². The second kappa shape index (κ2) is 4.72. The lowest BCUT2D eigenvalue weighted by molar-refractivity contribution is 0.0979. The summed E-state index contributed by atoms with van der Waals surface area (Å²) in [6, 6.07) is 10.6. The van der Waals surface area contributed by atoms with Crippen molar-refractivity contribution < 1.29 is 9.90 Å². The molecule has 0 spiro atoms. The number of phenolic OH excluding ortho intramolecular Hbond substituents is 1. The van der Waals surface area contributed by atoms with Gasteiger partial charge in [-0.25, -0.2) is 0 Å². The van der Waals surface area contributed by atoms with Crippen molar-refractivity contribution in [3.05, 3.63) is 53.9 Å². The zero-order valence-electron chi connectivity index (χ0n) is 10.4. The third-order valence-electron chi connectivity index (χ3n) is 3.33. The van der Waals surface area contributed by atoms with Crippen LogP contribution >= 0.6 is 0 Å². The number of carbonyl (C=O) groups is 1. The maximum Gasteiger partial charge on any atom is 0.276 e. The predicted octanol–water partition coefficient (Wildman–Crippen LogP) is 2.38. The summed E-state index contributed by atoms with van der Waals surface area (Å²) in [5.74, 6) is -0.00969. The number of anilines is 1. The van der Waals surface area contributed by atoms with Crippen LogP contribution in [-0.2, 0) is 6.42 Å². The van der Waals surface area contributed by atoms with Gasteiger partial charge in [0.05, 0.1) is 5.69 Å². The van der Waals surface area contributed by atoms with Crippen LogP contribution in [0.3, 0.4) is 0 Å². The molecular formula is C15H14N2O2. The molecule has 1 aliphatic heterocycles. The third-order valence-corrected chi connectivity index (χ3v) is 3.33. The van der Waals surface area contributed by atoms with Crippen LogP contribution in [0.4, 0.5) is 5.69 Å². The maximum absolute atomic E-state index is 12.5. The Morgan fingerprint density at radius 1 is 1.21 bits per heavy atom. The summed E-state index contributed by atoms with van der Waals surface area (Å²) in [6.07, 6.45) is 3.38. The summed E-state index contributed by atoms with van der Waals surface area (Å²) in [5.41, 5.74) is 2.04. The number of aromatic hydroxyl groups is 1. The van der Waals surface area contributed by atoms with Crippen LogP contribution in [-0.4, -0.2) is 22.5 Å². The van der Waals surface area contributed by atoms with E-state index in [4.69, 9.17) is 0 Å². The number of amides is 1. The highest BCUT2D eigenvalue weighted by atomic mass is 16.3. The number of phenols is 1. The van der Waals surface area contributed by atoms with Crippen molar-refractivity contribution in [2.24, 2.45) is 0 Å². The molecule has 96 valence electrons. The smallest absolute Gasteiger partial charge is 0.276 e. The van der Waals surface area contributed by atoms with Gasteiger partial charge in [0.1, 0.15) is 11.4 Å². The van der Waals surface area contributed by atoms with Crippen molar-refractivity contribution in [2.45, 2.75) is 12.8 Å². The van der Waals surface area contributed by atoms with Gasteiger partial charge in [-0.1, -0.05) is 18.2 Å². The highest BCUT2D eigenvalue weighted by Gasteiger charge is 2.26. The highest BCUT2D eigenvalue weighted by Crippen LogP contribution is 2.35. The molecule has 0 bridgehead atoms. The van der Waals surface area contributed by atoms with E-state index in [1.54, 1.807) is 35.4 Å². The van der Waals surface area contributed by atoms with Gasteiger partial charge in [-0.3, -0.25) is 9.78 Å². The Kier molecular flexibility index (Phi) is 2.91. The van der Waals surface area contributed by atoms with E-state index in [2.05, 4.69) is 4.98 Å². The first-order valence-electron chi connectivity index (χ1n) is 6.31. The van der Waals surface area contributed by atoms with Crippen molar-refractivity contribution in [1.29, 1.82) is 0 Å². The minimum absolute atomic E-state index is 0.154. The first kappa shape index (κ1) is 11.7. The second-order valence-corrected chi connectivity index (χ2v) is 4.56. The van der Waals surface area contributed by atoms with Crippen molar-refractivity contribution in [3.63, 3.8) is 0 Å². The molecule has 0 saturated heterocycles. The third kappa shape index (κ3) is 2.05. The molecule has 1 aromatic heterocycles. The fourth-order valence-electron chi connectivity index (χ4n) is 2.46. The Hall–Kier alpha value is -2.36. The van der Waals surface area contributed by atoms with Crippen LogP contribution in [0.15, 0.2) is 42.6 Å². The first-order chi connectivity index (χ1) is 9.27. The van der Waals surface area contributed by atoms with E-state index in [0.29, 0.717) is 17.9 Å². The Bertz CT molecular complexity index is 611. The van der Waals surface area contributed by atoms with Crippen molar-refractivity contribution >= 4 is 11.6 Å². The van der Waals surface area contributed by atoms with Gasteiger partial charge in [0.25, 0.3) is 5.91 Å². The molecular weight excluding hydrogens is 240 g/mol. The molecule has 1 amide bonds. The summed E-state index contributed by atoms with van der Waals surface area (Å²) in [7, 11) is 0. The number of aryl methyl sites for hydroxylation is 1. The summed E-state index contributed by atoms with van der Waals surface area (Å²) in [5, 5.41) is 10.0. The van der Waals surface area contributed by atoms with Gasteiger partial charge in [-0.2, -0.15) is 0 Å². The number of hydrogen-bond donors (Lipinski definition) is 1. The van der Waals surface area contributed by atoms with Gasteiger partial charge >= 0.3 is 0 Å². The Morgan fingerprint density at radius 3 is 2.89 bits per heavy atom. The number of benzene rings is 1. The molecule has 2 aromatic rings. The number of aromatic nitrogens is 1. The quantitative estimate of drug-likeness (QED) is 0.850. The van der Waals surface area contributed by atoms with Crippen LogP contribution < -0.4 is 4.90 Å². The Labute approximate surface area is 111 Å². The summed E-state index contributed by atoms with van der Waals surface area (Å²) in [6.45, 7) is 0.611. The molecule has 1 N–H and O–H groups in total. The van der Waals surface area contributed by atoms with Gasteiger partial charge in [0.15, 0.2) is 0 Å². The molecule has 4 heteroatoms. The number of carbonyl (C=O) groups excluding carboxylic acids is 1. The van der Waals surface area contributed by atoms with E-state index in [1.807, 2.05) is 12.1 Å². The highest BCUT2D eigenvalue weighted by molar-refractivity contribution is 6.06. The zero-order valence-corrected chi connectivity index (χ0v) is 10.4. The first-order valence-corrected chi connectivity index (χ1v) is 6.31. The molecule has 0 saturated carbocycles. The lowest BCUT2D eigenvalue weighted by Gasteiger charge is -2.29. The molecule has 0 aliphatic carbocycles. The van der Waals surface area contributed by atoms with Gasteiger partial charge in [-0.05, 0) is 36.6 Å². The summed E-state index contributed by atoms with van der Waals surface area (Å²) in [4.78, 5) is 18.2. The molecule has 0 atom stereocenters. The zero-order chi connectivity index (χ0) is 13.2. The van der Waals surface area contributed by atoms with Gasteiger partial charge < -0.3 is 10.0 Å². The monoisotopic (exact) mass is 254 g/mol. The molecule has 2 heterocycles. The van der Waals surface area contributed by atoms with E-state index in [1.165, 1.54) is 0 Å². The van der Waals surface area contributed by atoms with Crippen LogP contribution in [0.2, 0.25) is 0 Å². The normalized spacial score (nSPS) is 14.0. The minimum atomic E-state index is -0.164. The minimum Gasteiger partial charge on any atom is -0.506 e. The van der Waals surface area contributed by atoms with Gasteiger partial charge in [-0.15, -0.1) is 0 Å². The summed E-state index contributed by atoms with van der Waals surface area (Å²) >= 11 is 0. The molecule has 1 aliphatic rings. The maximum atomic E-state index is 12.5. The van der Waals surface area contributed by atoms with Gasteiger partial charge in [0.2, 0.25) is 0 Å². The fourth-order valence-corrected chi connectivity index (χ4v) is 2.46. The lowest BCUT2D eigenvalue weighted by atomic mass is 10.0. The van der Waals surface area contributed by atoms with E-state index < -0.39 is 0 Å². The number of nitrogens with zero attached hydrogens (tertiary/aromatic N) is 2.